The maximum atomic E-state index is 11.1. The summed E-state index contributed by atoms with van der Waals surface area (Å²) in [7, 11) is -2.38. The first-order valence-corrected chi connectivity index (χ1v) is 11.8. The van der Waals surface area contributed by atoms with Crippen molar-refractivity contribution in [3.63, 3.8) is 0 Å². The summed E-state index contributed by atoms with van der Waals surface area (Å²) in [4.78, 5) is 10.7. The second-order valence-corrected chi connectivity index (χ2v) is 11.0. The SMILES string of the molecule is Cl.O=[N+]([O-])c1ccc(C[PH](c2ccccc2)(c2ccccc2)c2ccccc2)cc1. The van der Waals surface area contributed by atoms with Crippen molar-refractivity contribution in [1.29, 1.82) is 0 Å². The van der Waals surface area contributed by atoms with Gasteiger partial charge < -0.3 is 0 Å². The first-order valence-electron chi connectivity index (χ1n) is 9.60. The van der Waals surface area contributed by atoms with E-state index >= 15 is 0 Å². The van der Waals surface area contributed by atoms with Gasteiger partial charge in [-0.2, -0.15) is 0 Å². The van der Waals surface area contributed by atoms with E-state index in [1.165, 1.54) is 15.9 Å². The number of nitro groups is 1. The van der Waals surface area contributed by atoms with E-state index in [9.17, 15) is 10.1 Å². The van der Waals surface area contributed by atoms with Crippen molar-refractivity contribution >= 4 is 41.3 Å². The first-order chi connectivity index (χ1) is 14.2. The van der Waals surface area contributed by atoms with Crippen molar-refractivity contribution in [2.75, 3.05) is 0 Å². The van der Waals surface area contributed by atoms with Gasteiger partial charge in [0.2, 0.25) is 0 Å². The van der Waals surface area contributed by atoms with Gasteiger partial charge in [-0.05, 0) is 0 Å². The fraction of sp³-hybridized carbons (Fsp3) is 0.0400. The Morgan fingerprint density at radius 2 is 0.967 bits per heavy atom. The molecule has 0 aromatic heterocycles. The molecule has 0 aliphatic heterocycles. The number of halogens is 1. The molecule has 0 radical (unpaired) electrons. The Bertz CT molecular complexity index is 992. The van der Waals surface area contributed by atoms with Crippen LogP contribution in [0.5, 0.6) is 0 Å². The van der Waals surface area contributed by atoms with Crippen molar-refractivity contribution in [2.24, 2.45) is 0 Å². The summed E-state index contributed by atoms with van der Waals surface area (Å²) in [6, 6.07) is 39.0. The Hall–Kier alpha value is -3.00. The van der Waals surface area contributed by atoms with E-state index in [0.29, 0.717) is 0 Å². The molecule has 0 fully saturated rings. The van der Waals surface area contributed by atoms with Gasteiger partial charge in [-0.1, -0.05) is 0 Å². The minimum atomic E-state index is -2.38. The van der Waals surface area contributed by atoms with Crippen LogP contribution in [0.15, 0.2) is 115 Å². The van der Waals surface area contributed by atoms with Crippen molar-refractivity contribution < 1.29 is 4.92 Å². The van der Waals surface area contributed by atoms with Gasteiger partial charge in [0.05, 0.1) is 0 Å². The molecule has 4 rings (SSSR count). The number of benzene rings is 4. The van der Waals surface area contributed by atoms with Crippen molar-refractivity contribution in [2.45, 2.75) is 6.16 Å². The summed E-state index contributed by atoms with van der Waals surface area (Å²) in [5.74, 6) is 0. The van der Waals surface area contributed by atoms with E-state index in [2.05, 4.69) is 72.8 Å². The third kappa shape index (κ3) is 4.28. The average molecular weight is 436 g/mol. The second kappa shape index (κ2) is 9.67. The quantitative estimate of drug-likeness (QED) is 0.236. The molecule has 30 heavy (non-hydrogen) atoms. The molecule has 4 aromatic rings. The van der Waals surface area contributed by atoms with Gasteiger partial charge in [0, 0.05) is 0 Å². The van der Waals surface area contributed by atoms with Crippen LogP contribution in [-0.2, 0) is 6.16 Å². The second-order valence-electron chi connectivity index (χ2n) is 7.10. The summed E-state index contributed by atoms with van der Waals surface area (Å²) >= 11 is 0. The molecule has 0 N–H and O–H groups in total. The molecule has 0 spiro atoms. The monoisotopic (exact) mass is 435 g/mol. The van der Waals surface area contributed by atoms with Crippen molar-refractivity contribution in [1.82, 2.24) is 0 Å². The molecule has 0 unspecified atom stereocenters. The predicted molar refractivity (Wildman–Crippen MR) is 131 cm³/mol. The van der Waals surface area contributed by atoms with Gasteiger partial charge in [0.15, 0.2) is 0 Å². The zero-order chi connectivity index (χ0) is 20.1. The van der Waals surface area contributed by atoms with E-state index in [1.807, 2.05) is 30.3 Å². The Morgan fingerprint density at radius 1 is 0.600 bits per heavy atom. The van der Waals surface area contributed by atoms with E-state index in [4.69, 9.17) is 0 Å². The van der Waals surface area contributed by atoms with Gasteiger partial charge in [-0.3, -0.25) is 0 Å². The fourth-order valence-corrected chi connectivity index (χ4v) is 8.76. The number of nitrogens with zero attached hydrogens (tertiary/aromatic N) is 1. The van der Waals surface area contributed by atoms with Crippen molar-refractivity contribution in [3.05, 3.63) is 131 Å². The van der Waals surface area contributed by atoms with Crippen LogP contribution in [0.2, 0.25) is 0 Å². The molecule has 0 saturated heterocycles. The van der Waals surface area contributed by atoms with Gasteiger partial charge in [0.25, 0.3) is 0 Å². The number of nitro benzene ring substituents is 1. The molecule has 0 bridgehead atoms. The molecule has 0 heterocycles. The normalized spacial score (nSPS) is 11.3. The molecular weight excluding hydrogens is 413 g/mol. The molecule has 5 heteroatoms. The van der Waals surface area contributed by atoms with Crippen LogP contribution >= 0.6 is 19.7 Å². The molecule has 152 valence electrons. The summed E-state index contributed by atoms with van der Waals surface area (Å²) in [6.07, 6.45) is 0.836. The zero-order valence-corrected chi connectivity index (χ0v) is 18.2. The van der Waals surface area contributed by atoms with E-state index in [1.54, 1.807) is 12.1 Å². The zero-order valence-electron chi connectivity index (χ0n) is 16.3. The number of rotatable bonds is 6. The van der Waals surface area contributed by atoms with E-state index < -0.39 is 7.26 Å². The topological polar surface area (TPSA) is 43.1 Å². The fourth-order valence-electron chi connectivity index (χ4n) is 4.02. The van der Waals surface area contributed by atoms with Crippen LogP contribution in [-0.4, -0.2) is 4.92 Å². The Kier molecular flexibility index (Phi) is 6.99. The predicted octanol–water partition coefficient (Wildman–Crippen LogP) is 5.24. The molecule has 3 nitrogen and oxygen atoms in total. The van der Waals surface area contributed by atoms with Crippen molar-refractivity contribution in [3.8, 4) is 0 Å². The van der Waals surface area contributed by atoms with Gasteiger partial charge in [-0.15, -0.1) is 12.4 Å². The molecule has 0 saturated carbocycles. The molecule has 0 amide bonds. The van der Waals surface area contributed by atoms with Crippen LogP contribution in [0.1, 0.15) is 5.56 Å². The molecule has 4 aromatic carbocycles. The first kappa shape index (κ1) is 21.7. The molecule has 0 atom stereocenters. The van der Waals surface area contributed by atoms with Crippen LogP contribution < -0.4 is 15.9 Å². The summed E-state index contributed by atoms with van der Waals surface area (Å²) < 4.78 is 0. The molecule has 0 aliphatic rings. The van der Waals surface area contributed by atoms with Crippen LogP contribution in [0.4, 0.5) is 5.69 Å². The number of non-ortho nitro benzene ring substituents is 1. The van der Waals surface area contributed by atoms with E-state index in [0.717, 1.165) is 11.7 Å². The Labute approximate surface area is 183 Å². The summed E-state index contributed by atoms with van der Waals surface area (Å²) in [6.45, 7) is 0. The van der Waals surface area contributed by atoms with Gasteiger partial charge in [0.1, 0.15) is 0 Å². The number of hydrogen-bond donors (Lipinski definition) is 0. The van der Waals surface area contributed by atoms with E-state index in [-0.39, 0.29) is 23.0 Å². The van der Waals surface area contributed by atoms with Gasteiger partial charge in [-0.25, -0.2) is 0 Å². The molecule has 0 aliphatic carbocycles. The third-order valence-corrected chi connectivity index (χ3v) is 10.3. The molecular formula is C25H23ClNO2P. The number of hydrogen-bond acceptors (Lipinski definition) is 2. The summed E-state index contributed by atoms with van der Waals surface area (Å²) in [5.41, 5.74) is 1.24. The summed E-state index contributed by atoms with van der Waals surface area (Å²) in [5, 5.41) is 15.1. The minimum absolute atomic E-state index is 0. The third-order valence-electron chi connectivity index (χ3n) is 5.42. The Morgan fingerprint density at radius 3 is 1.30 bits per heavy atom. The van der Waals surface area contributed by atoms with Crippen LogP contribution in [0.25, 0.3) is 0 Å². The van der Waals surface area contributed by atoms with Crippen LogP contribution in [0.3, 0.4) is 0 Å². The van der Waals surface area contributed by atoms with Crippen LogP contribution in [0, 0.1) is 10.1 Å². The Balaban J connectivity index is 0.00000256. The maximum absolute atomic E-state index is 11.1. The average Bonchev–Trinajstić information content (AvgIpc) is 2.79. The standard InChI is InChI=1S/C25H22NO2P.ClH/c27-26(28)22-18-16-21(17-19-22)20-29(23-10-4-1-5-11-23,24-12-6-2-7-13-24)25-14-8-3-9-15-25;/h1-19,29H,20H2;1H. The van der Waals surface area contributed by atoms with Gasteiger partial charge >= 0.3 is 171 Å².